The summed E-state index contributed by atoms with van der Waals surface area (Å²) in [5.74, 6) is 1.46. The number of nitrogens with zero attached hydrogens (tertiary/aromatic N) is 1. The topological polar surface area (TPSA) is 83.8 Å². The van der Waals surface area contributed by atoms with E-state index in [0.717, 1.165) is 12.5 Å². The van der Waals surface area contributed by atoms with Crippen molar-refractivity contribution >= 4 is 22.5 Å². The van der Waals surface area contributed by atoms with E-state index in [-0.39, 0.29) is 5.56 Å². The molecule has 1 aromatic heterocycles. The summed E-state index contributed by atoms with van der Waals surface area (Å²) in [6.45, 7) is 0.918. The van der Waals surface area contributed by atoms with E-state index in [9.17, 15) is 4.79 Å². The highest BCUT2D eigenvalue weighted by Crippen LogP contribution is 2.61. The van der Waals surface area contributed by atoms with Crippen LogP contribution in [0.4, 0.5) is 11.6 Å². The molecule has 5 nitrogen and oxygen atoms in total. The van der Waals surface area contributed by atoms with Gasteiger partial charge in [0.2, 0.25) is 5.95 Å². The van der Waals surface area contributed by atoms with Crippen molar-refractivity contribution in [1.82, 2.24) is 9.97 Å². The van der Waals surface area contributed by atoms with Crippen molar-refractivity contribution in [3.05, 3.63) is 28.6 Å². The number of hydrogen-bond donors (Lipinski definition) is 3. The van der Waals surface area contributed by atoms with Crippen LogP contribution in [-0.2, 0) is 0 Å². The number of anilines is 2. The third-order valence-corrected chi connectivity index (χ3v) is 4.67. The average Bonchev–Trinajstić information content (AvgIpc) is 3.29. The van der Waals surface area contributed by atoms with E-state index in [1.807, 2.05) is 0 Å². The Labute approximate surface area is 116 Å². The van der Waals surface area contributed by atoms with Gasteiger partial charge in [-0.15, -0.1) is 0 Å². The van der Waals surface area contributed by atoms with Crippen molar-refractivity contribution < 1.29 is 0 Å². The van der Waals surface area contributed by atoms with E-state index < -0.39 is 0 Å². The van der Waals surface area contributed by atoms with Gasteiger partial charge in [0.15, 0.2) is 0 Å². The number of aromatic amines is 1. The van der Waals surface area contributed by atoms with Gasteiger partial charge >= 0.3 is 0 Å². The molecule has 1 aromatic carbocycles. The van der Waals surface area contributed by atoms with Crippen LogP contribution in [0, 0.1) is 11.3 Å². The molecule has 2 aliphatic rings. The Balaban J connectivity index is 1.60. The smallest absolute Gasteiger partial charge is 0.260 e. The fraction of sp³-hybridized carbons (Fsp3) is 0.467. The standard InChI is InChI=1S/C15H18N4O/c16-10-3-4-12-11(7-10)13(20)19-14(18-12)17-8-15(5-6-15)9-1-2-9/h3-4,7,9H,1-2,5-6,8,16H2,(H2,17,18,19,20). The third kappa shape index (κ3) is 1.94. The second-order valence-corrected chi connectivity index (χ2v) is 6.18. The molecule has 4 rings (SSSR count). The number of H-pyrrole nitrogens is 1. The van der Waals surface area contributed by atoms with Crippen molar-refractivity contribution in [2.24, 2.45) is 11.3 Å². The van der Waals surface area contributed by atoms with Crippen LogP contribution in [0.2, 0.25) is 0 Å². The first-order valence-electron chi connectivity index (χ1n) is 7.20. The summed E-state index contributed by atoms with van der Waals surface area (Å²) < 4.78 is 0. The van der Waals surface area contributed by atoms with Crippen molar-refractivity contribution in [2.75, 3.05) is 17.6 Å². The van der Waals surface area contributed by atoms with Crippen LogP contribution < -0.4 is 16.6 Å². The molecule has 104 valence electrons. The highest BCUT2D eigenvalue weighted by molar-refractivity contribution is 5.81. The van der Waals surface area contributed by atoms with Crippen LogP contribution in [0.3, 0.4) is 0 Å². The number of nitrogen functional groups attached to an aromatic ring is 1. The molecular weight excluding hydrogens is 252 g/mol. The van der Waals surface area contributed by atoms with Gasteiger partial charge in [0.05, 0.1) is 10.9 Å². The largest absolute Gasteiger partial charge is 0.399 e. The van der Waals surface area contributed by atoms with Crippen LogP contribution in [-0.4, -0.2) is 16.5 Å². The molecule has 2 saturated carbocycles. The number of aromatic nitrogens is 2. The number of nitrogens with two attached hydrogens (primary N) is 1. The first kappa shape index (κ1) is 11.8. The minimum atomic E-state index is -0.138. The Morgan fingerprint density at radius 3 is 2.90 bits per heavy atom. The molecule has 1 heterocycles. The lowest BCUT2D eigenvalue weighted by Crippen LogP contribution is -2.21. The molecule has 2 aromatic rings. The molecule has 0 bridgehead atoms. The zero-order valence-corrected chi connectivity index (χ0v) is 11.3. The van der Waals surface area contributed by atoms with E-state index in [1.54, 1.807) is 18.2 Å². The predicted molar refractivity (Wildman–Crippen MR) is 79.7 cm³/mol. The number of rotatable bonds is 4. The molecule has 0 amide bonds. The number of fused-ring (bicyclic) bond motifs is 1. The molecular formula is C15H18N4O. The maximum absolute atomic E-state index is 12.0. The van der Waals surface area contributed by atoms with Gasteiger partial charge < -0.3 is 11.1 Å². The maximum atomic E-state index is 12.0. The molecule has 2 aliphatic carbocycles. The van der Waals surface area contributed by atoms with Crippen LogP contribution in [0.15, 0.2) is 23.0 Å². The van der Waals surface area contributed by atoms with E-state index in [2.05, 4.69) is 15.3 Å². The first-order valence-corrected chi connectivity index (χ1v) is 7.20. The van der Waals surface area contributed by atoms with Gasteiger partial charge in [-0.05, 0) is 55.2 Å². The minimum Gasteiger partial charge on any atom is -0.399 e. The van der Waals surface area contributed by atoms with Crippen molar-refractivity contribution in [2.45, 2.75) is 25.7 Å². The number of nitrogens with one attached hydrogen (secondary N) is 2. The molecule has 5 heteroatoms. The summed E-state index contributed by atoms with van der Waals surface area (Å²) in [7, 11) is 0. The monoisotopic (exact) mass is 270 g/mol. The fourth-order valence-corrected chi connectivity index (χ4v) is 3.09. The quantitative estimate of drug-likeness (QED) is 0.743. The molecule has 20 heavy (non-hydrogen) atoms. The fourth-order valence-electron chi connectivity index (χ4n) is 3.09. The highest BCUT2D eigenvalue weighted by Gasteiger charge is 2.53. The number of hydrogen-bond acceptors (Lipinski definition) is 4. The second kappa shape index (κ2) is 3.98. The molecule has 4 N–H and O–H groups in total. The molecule has 0 aliphatic heterocycles. The summed E-state index contributed by atoms with van der Waals surface area (Å²) in [6, 6.07) is 5.22. The lowest BCUT2D eigenvalue weighted by Gasteiger charge is -2.15. The van der Waals surface area contributed by atoms with Crippen LogP contribution in [0.5, 0.6) is 0 Å². The zero-order chi connectivity index (χ0) is 13.7. The SMILES string of the molecule is Nc1ccc2nc(NCC3(C4CC4)CC3)[nH]c(=O)c2c1. The molecule has 0 saturated heterocycles. The highest BCUT2D eigenvalue weighted by atomic mass is 16.1. The zero-order valence-electron chi connectivity index (χ0n) is 11.3. The van der Waals surface area contributed by atoms with Crippen molar-refractivity contribution in [3.8, 4) is 0 Å². The van der Waals surface area contributed by atoms with Gasteiger partial charge in [-0.2, -0.15) is 0 Å². The third-order valence-electron chi connectivity index (χ3n) is 4.67. The van der Waals surface area contributed by atoms with Gasteiger partial charge in [0.25, 0.3) is 5.56 Å². The van der Waals surface area contributed by atoms with Crippen molar-refractivity contribution in [3.63, 3.8) is 0 Å². The normalized spacial score (nSPS) is 20.0. The molecule has 0 radical (unpaired) electrons. The minimum absolute atomic E-state index is 0.138. The molecule has 0 unspecified atom stereocenters. The molecule has 2 fully saturated rings. The Bertz CT molecular complexity index is 728. The summed E-state index contributed by atoms with van der Waals surface area (Å²) in [5.41, 5.74) is 7.30. The van der Waals surface area contributed by atoms with Crippen LogP contribution in [0.1, 0.15) is 25.7 Å². The summed E-state index contributed by atoms with van der Waals surface area (Å²) in [6.07, 6.45) is 5.34. The van der Waals surface area contributed by atoms with Crippen molar-refractivity contribution in [1.29, 1.82) is 0 Å². The maximum Gasteiger partial charge on any atom is 0.260 e. The first-order chi connectivity index (χ1) is 9.66. The Kier molecular flexibility index (Phi) is 2.34. The lowest BCUT2D eigenvalue weighted by molar-refractivity contribution is 0.465. The Morgan fingerprint density at radius 2 is 2.20 bits per heavy atom. The van der Waals surface area contributed by atoms with Gasteiger partial charge in [-0.25, -0.2) is 4.98 Å². The Hall–Kier alpha value is -2.04. The van der Waals surface area contributed by atoms with Gasteiger partial charge in [-0.3, -0.25) is 9.78 Å². The second-order valence-electron chi connectivity index (χ2n) is 6.18. The lowest BCUT2D eigenvalue weighted by atomic mass is 10.0. The molecule has 0 spiro atoms. The van der Waals surface area contributed by atoms with Crippen LogP contribution >= 0.6 is 0 Å². The predicted octanol–water partition coefficient (Wildman–Crippen LogP) is 2.11. The number of benzene rings is 1. The van der Waals surface area contributed by atoms with Gasteiger partial charge in [0, 0.05) is 12.2 Å². The Morgan fingerprint density at radius 1 is 1.40 bits per heavy atom. The summed E-state index contributed by atoms with van der Waals surface area (Å²) in [5, 5.41) is 3.86. The summed E-state index contributed by atoms with van der Waals surface area (Å²) >= 11 is 0. The van der Waals surface area contributed by atoms with E-state index in [0.29, 0.717) is 28.0 Å². The van der Waals surface area contributed by atoms with Gasteiger partial charge in [0.1, 0.15) is 0 Å². The van der Waals surface area contributed by atoms with Gasteiger partial charge in [-0.1, -0.05) is 0 Å². The average molecular weight is 270 g/mol. The molecule has 0 atom stereocenters. The summed E-state index contributed by atoms with van der Waals surface area (Å²) in [4.78, 5) is 19.3. The van der Waals surface area contributed by atoms with Crippen LogP contribution in [0.25, 0.3) is 10.9 Å². The van der Waals surface area contributed by atoms with E-state index in [4.69, 9.17) is 5.73 Å². The van der Waals surface area contributed by atoms with E-state index >= 15 is 0 Å². The van der Waals surface area contributed by atoms with E-state index in [1.165, 1.54) is 25.7 Å².